The normalized spacial score (nSPS) is 15.3. The maximum absolute atomic E-state index is 12.7. The van der Waals surface area contributed by atoms with Gasteiger partial charge in [-0.05, 0) is 41.6 Å². The molecule has 6 nitrogen and oxygen atoms in total. The molecule has 0 bridgehead atoms. The summed E-state index contributed by atoms with van der Waals surface area (Å²) < 4.78 is 36.2. The minimum absolute atomic E-state index is 0.316. The fourth-order valence-electron chi connectivity index (χ4n) is 4.33. The second kappa shape index (κ2) is 8.58. The number of aryl methyl sites for hydroxylation is 1. The summed E-state index contributed by atoms with van der Waals surface area (Å²) >= 11 is 0. The molecule has 3 aromatic carbocycles. The zero-order chi connectivity index (χ0) is 22.1. The summed E-state index contributed by atoms with van der Waals surface area (Å²) in [4.78, 5) is 2.61. The van der Waals surface area contributed by atoms with E-state index in [1.807, 2.05) is 54.2 Å². The van der Waals surface area contributed by atoms with Gasteiger partial charge >= 0.3 is 0 Å². The van der Waals surface area contributed by atoms with E-state index in [1.165, 1.54) is 5.39 Å². The van der Waals surface area contributed by atoms with E-state index in [-0.39, 0.29) is 0 Å². The van der Waals surface area contributed by atoms with Gasteiger partial charge in [0.1, 0.15) is 12.4 Å². The SMILES string of the molecule is Cn1ccc2cc(S(=O)(=O)NCC3CN(CCOc4cccc5ccccc45)C3)ccc21. The molecule has 0 spiro atoms. The van der Waals surface area contributed by atoms with E-state index < -0.39 is 10.0 Å². The van der Waals surface area contributed by atoms with Crippen molar-refractivity contribution in [1.29, 1.82) is 0 Å². The van der Waals surface area contributed by atoms with Crippen molar-refractivity contribution in [3.63, 3.8) is 0 Å². The number of ether oxygens (including phenoxy) is 1. The Kier molecular flexibility index (Phi) is 5.63. The topological polar surface area (TPSA) is 63.6 Å². The molecule has 1 aliphatic rings. The number of likely N-dealkylation sites (tertiary alicyclic amines) is 1. The second-order valence-corrected chi connectivity index (χ2v) is 10.2. The average Bonchev–Trinajstić information content (AvgIpc) is 3.15. The lowest BCUT2D eigenvalue weighted by molar-refractivity contribution is 0.0857. The van der Waals surface area contributed by atoms with Crippen LogP contribution in [0.1, 0.15) is 0 Å². The molecule has 32 heavy (non-hydrogen) atoms. The van der Waals surface area contributed by atoms with E-state index >= 15 is 0 Å². The number of aromatic nitrogens is 1. The number of nitrogens with zero attached hydrogens (tertiary/aromatic N) is 2. The molecule has 1 aliphatic heterocycles. The number of nitrogens with one attached hydrogen (secondary N) is 1. The lowest BCUT2D eigenvalue weighted by Gasteiger charge is -2.39. The largest absolute Gasteiger partial charge is 0.492 e. The van der Waals surface area contributed by atoms with Crippen molar-refractivity contribution in [2.75, 3.05) is 32.8 Å². The smallest absolute Gasteiger partial charge is 0.240 e. The molecule has 1 aromatic heterocycles. The molecule has 0 atom stereocenters. The molecule has 5 rings (SSSR count). The summed E-state index contributed by atoms with van der Waals surface area (Å²) in [7, 11) is -1.56. The molecule has 166 valence electrons. The van der Waals surface area contributed by atoms with Crippen LogP contribution < -0.4 is 9.46 Å². The highest BCUT2D eigenvalue weighted by Gasteiger charge is 2.28. The van der Waals surface area contributed by atoms with Gasteiger partial charge in [-0.3, -0.25) is 4.90 Å². The number of benzene rings is 3. The number of rotatable bonds is 8. The van der Waals surface area contributed by atoms with Crippen LogP contribution in [0.2, 0.25) is 0 Å². The Bertz CT molecular complexity index is 1350. The average molecular weight is 450 g/mol. The minimum atomic E-state index is -3.51. The molecule has 2 heterocycles. The van der Waals surface area contributed by atoms with Gasteiger partial charge in [0, 0.05) is 55.7 Å². The maximum atomic E-state index is 12.7. The quantitative estimate of drug-likeness (QED) is 0.446. The lowest BCUT2D eigenvalue weighted by Crippen LogP contribution is -2.52. The molecule has 0 aliphatic carbocycles. The van der Waals surface area contributed by atoms with Crippen LogP contribution in [0.15, 0.2) is 77.8 Å². The minimum Gasteiger partial charge on any atom is -0.492 e. The van der Waals surface area contributed by atoms with Crippen LogP contribution in [0.3, 0.4) is 0 Å². The van der Waals surface area contributed by atoms with Gasteiger partial charge < -0.3 is 9.30 Å². The van der Waals surface area contributed by atoms with E-state index in [0.717, 1.165) is 41.7 Å². The molecule has 1 N–H and O–H groups in total. The Morgan fingerprint density at radius 1 is 1.00 bits per heavy atom. The van der Waals surface area contributed by atoms with Crippen molar-refractivity contribution in [2.24, 2.45) is 13.0 Å². The zero-order valence-electron chi connectivity index (χ0n) is 18.1. The monoisotopic (exact) mass is 449 g/mol. The van der Waals surface area contributed by atoms with Crippen LogP contribution in [0, 0.1) is 5.92 Å². The van der Waals surface area contributed by atoms with Crippen molar-refractivity contribution in [3.8, 4) is 5.75 Å². The van der Waals surface area contributed by atoms with Crippen molar-refractivity contribution < 1.29 is 13.2 Å². The first-order valence-electron chi connectivity index (χ1n) is 10.9. The van der Waals surface area contributed by atoms with E-state index in [2.05, 4.69) is 27.8 Å². The Labute approximate surface area is 188 Å². The Morgan fingerprint density at radius 2 is 1.81 bits per heavy atom. The van der Waals surface area contributed by atoms with Gasteiger partial charge in [-0.15, -0.1) is 0 Å². The number of hydrogen-bond donors (Lipinski definition) is 1. The summed E-state index contributed by atoms with van der Waals surface area (Å²) in [5.41, 5.74) is 1.02. The lowest BCUT2D eigenvalue weighted by atomic mass is 10.0. The van der Waals surface area contributed by atoms with E-state index in [9.17, 15) is 8.42 Å². The highest BCUT2D eigenvalue weighted by atomic mass is 32.2. The van der Waals surface area contributed by atoms with Crippen molar-refractivity contribution in [1.82, 2.24) is 14.2 Å². The molecule has 1 saturated heterocycles. The van der Waals surface area contributed by atoms with Crippen LogP contribution in [0.4, 0.5) is 0 Å². The molecule has 0 saturated carbocycles. The predicted molar refractivity (Wildman–Crippen MR) is 127 cm³/mol. The second-order valence-electron chi connectivity index (χ2n) is 8.45. The zero-order valence-corrected chi connectivity index (χ0v) is 18.9. The number of hydrogen-bond acceptors (Lipinski definition) is 4. The van der Waals surface area contributed by atoms with Gasteiger partial charge in [0.05, 0.1) is 4.90 Å². The molecule has 1 fully saturated rings. The number of sulfonamides is 1. The third-order valence-corrected chi connectivity index (χ3v) is 7.60. The molecular weight excluding hydrogens is 422 g/mol. The summed E-state index contributed by atoms with van der Waals surface area (Å²) in [6.07, 6.45) is 1.93. The van der Waals surface area contributed by atoms with Crippen molar-refractivity contribution >= 4 is 31.7 Å². The van der Waals surface area contributed by atoms with Gasteiger partial charge in [-0.25, -0.2) is 13.1 Å². The molecule has 7 heteroatoms. The predicted octanol–water partition coefficient (Wildman–Crippen LogP) is 3.62. The first-order chi connectivity index (χ1) is 15.5. The van der Waals surface area contributed by atoms with Gasteiger partial charge in [0.15, 0.2) is 0 Å². The van der Waals surface area contributed by atoms with Gasteiger partial charge in [-0.2, -0.15) is 0 Å². The summed E-state index contributed by atoms with van der Waals surface area (Å²) in [5.74, 6) is 1.23. The van der Waals surface area contributed by atoms with Crippen LogP contribution in [-0.4, -0.2) is 50.7 Å². The van der Waals surface area contributed by atoms with Crippen LogP contribution in [-0.2, 0) is 17.1 Å². The summed E-state index contributed by atoms with van der Waals surface area (Å²) in [5, 5.41) is 3.23. The molecule has 0 radical (unpaired) electrons. The first-order valence-corrected chi connectivity index (χ1v) is 12.4. The maximum Gasteiger partial charge on any atom is 0.240 e. The van der Waals surface area contributed by atoms with Crippen LogP contribution in [0.25, 0.3) is 21.7 Å². The molecule has 4 aromatic rings. The highest BCUT2D eigenvalue weighted by molar-refractivity contribution is 7.89. The van der Waals surface area contributed by atoms with Gasteiger partial charge in [0.2, 0.25) is 10.0 Å². The standard InChI is InChI=1S/C25H27N3O3S/c1-27-12-11-21-15-22(9-10-24(21)27)32(29,30)26-16-19-17-28(18-19)13-14-31-25-8-4-6-20-5-2-3-7-23(20)25/h2-12,15,19,26H,13-14,16-18H2,1H3. The van der Waals surface area contributed by atoms with Gasteiger partial charge in [-0.1, -0.05) is 36.4 Å². The fourth-order valence-corrected chi connectivity index (χ4v) is 5.48. The Balaban J connectivity index is 1.09. The third-order valence-electron chi connectivity index (χ3n) is 6.18. The van der Waals surface area contributed by atoms with E-state index in [4.69, 9.17) is 4.74 Å². The van der Waals surface area contributed by atoms with E-state index in [1.54, 1.807) is 12.1 Å². The summed E-state index contributed by atoms with van der Waals surface area (Å²) in [6, 6.07) is 21.5. The molecule has 0 unspecified atom stereocenters. The summed E-state index contributed by atoms with van der Waals surface area (Å²) in [6.45, 7) is 3.65. The van der Waals surface area contributed by atoms with Crippen LogP contribution >= 0.6 is 0 Å². The van der Waals surface area contributed by atoms with Crippen molar-refractivity contribution in [3.05, 3.63) is 72.9 Å². The fraction of sp³-hybridized carbons (Fsp3) is 0.280. The number of fused-ring (bicyclic) bond motifs is 2. The third kappa shape index (κ3) is 4.24. The molecular formula is C25H27N3O3S. The van der Waals surface area contributed by atoms with E-state index in [0.29, 0.717) is 24.0 Å². The molecule has 0 amide bonds. The van der Waals surface area contributed by atoms with Gasteiger partial charge in [0.25, 0.3) is 0 Å². The Morgan fingerprint density at radius 3 is 2.69 bits per heavy atom. The highest BCUT2D eigenvalue weighted by Crippen LogP contribution is 2.25. The Hall–Kier alpha value is -2.87. The van der Waals surface area contributed by atoms with Crippen LogP contribution in [0.5, 0.6) is 5.75 Å². The van der Waals surface area contributed by atoms with Crippen molar-refractivity contribution in [2.45, 2.75) is 4.90 Å². The first kappa shape index (κ1) is 21.0.